The highest BCUT2D eigenvalue weighted by Crippen LogP contribution is 2.45. The van der Waals surface area contributed by atoms with E-state index in [1.54, 1.807) is 0 Å². The van der Waals surface area contributed by atoms with Crippen LogP contribution in [0.4, 0.5) is 0 Å². The third-order valence-corrected chi connectivity index (χ3v) is 9.43. The molecule has 1 heterocycles. The molecule has 9 rings (SSSR count). The molecule has 0 atom stereocenters. The van der Waals surface area contributed by atoms with E-state index < -0.39 is 0 Å². The summed E-state index contributed by atoms with van der Waals surface area (Å²) >= 11 is 0. The van der Waals surface area contributed by atoms with Crippen LogP contribution in [0.3, 0.4) is 0 Å². The highest BCUT2D eigenvalue weighted by atomic mass is 15.0. The van der Waals surface area contributed by atoms with Crippen LogP contribution in [0.1, 0.15) is 11.1 Å². The van der Waals surface area contributed by atoms with Gasteiger partial charge in [0.2, 0.25) is 0 Å². The molecule has 0 radical (unpaired) electrons. The Balaban J connectivity index is 1.09. The van der Waals surface area contributed by atoms with Gasteiger partial charge in [-0.05, 0) is 68.1 Å². The number of fused-ring (bicyclic) bond motifs is 3. The zero-order valence-electron chi connectivity index (χ0n) is 26.8. The van der Waals surface area contributed by atoms with Crippen molar-refractivity contribution in [2.75, 3.05) is 0 Å². The summed E-state index contributed by atoms with van der Waals surface area (Å²) in [7, 11) is 0. The van der Waals surface area contributed by atoms with E-state index in [2.05, 4.69) is 140 Å². The standard InChI is InChI=1S/C46H31N3/c1-4-13-31(14-5-1)36-19-10-20-37(29-36)46-48-44(34-17-8-3-9-18-34)47-45(49-46)35-27-25-33(26-28-35)39-22-12-24-41-40-23-11-21-38(42(40)30-43(39)41)32-15-6-2-7-16-32/h1-29H,30H2. The SMILES string of the molecule is c1ccc(-c2cccc(-c3nc(-c4ccccc4)nc(-c4ccc(-c5cccc6c5Cc5c(-c7ccccc7)cccc5-6)cc4)n3)c2)cc1. The summed E-state index contributed by atoms with van der Waals surface area (Å²) in [6.45, 7) is 0. The van der Waals surface area contributed by atoms with Crippen LogP contribution in [0.15, 0.2) is 176 Å². The van der Waals surface area contributed by atoms with E-state index in [1.165, 1.54) is 44.5 Å². The van der Waals surface area contributed by atoms with E-state index in [0.29, 0.717) is 17.5 Å². The van der Waals surface area contributed by atoms with Gasteiger partial charge in [0, 0.05) is 16.7 Å². The van der Waals surface area contributed by atoms with Gasteiger partial charge in [0.25, 0.3) is 0 Å². The highest BCUT2D eigenvalue weighted by Gasteiger charge is 2.24. The molecule has 230 valence electrons. The minimum atomic E-state index is 0.651. The molecule has 0 fully saturated rings. The lowest BCUT2D eigenvalue weighted by Gasteiger charge is -2.11. The first-order chi connectivity index (χ1) is 24.3. The number of benzene rings is 7. The Labute approximate surface area is 286 Å². The van der Waals surface area contributed by atoms with Crippen LogP contribution >= 0.6 is 0 Å². The Hall–Kier alpha value is -6.45. The molecule has 0 saturated carbocycles. The maximum atomic E-state index is 5.04. The van der Waals surface area contributed by atoms with Gasteiger partial charge in [-0.1, -0.05) is 170 Å². The van der Waals surface area contributed by atoms with Crippen molar-refractivity contribution in [1.82, 2.24) is 15.0 Å². The normalized spacial score (nSPS) is 11.6. The maximum absolute atomic E-state index is 5.04. The molecule has 0 bridgehead atoms. The number of rotatable bonds is 6. The van der Waals surface area contributed by atoms with Crippen molar-refractivity contribution in [2.45, 2.75) is 6.42 Å². The van der Waals surface area contributed by atoms with Crippen LogP contribution in [-0.2, 0) is 6.42 Å². The van der Waals surface area contributed by atoms with Crippen LogP contribution in [0.25, 0.3) is 78.7 Å². The van der Waals surface area contributed by atoms with Gasteiger partial charge in [0.1, 0.15) is 0 Å². The highest BCUT2D eigenvalue weighted by molar-refractivity contribution is 5.89. The monoisotopic (exact) mass is 625 g/mol. The fraction of sp³-hybridized carbons (Fsp3) is 0.0217. The molecule has 1 aromatic heterocycles. The van der Waals surface area contributed by atoms with Crippen molar-refractivity contribution in [3.05, 3.63) is 187 Å². The van der Waals surface area contributed by atoms with Gasteiger partial charge in [-0.15, -0.1) is 0 Å². The molecule has 0 N–H and O–H groups in total. The Kier molecular flexibility index (Phi) is 7.21. The lowest BCUT2D eigenvalue weighted by atomic mass is 9.95. The molecular formula is C46H31N3. The van der Waals surface area contributed by atoms with Crippen LogP contribution in [0.5, 0.6) is 0 Å². The molecule has 0 saturated heterocycles. The van der Waals surface area contributed by atoms with E-state index in [-0.39, 0.29) is 0 Å². The van der Waals surface area contributed by atoms with Gasteiger partial charge in [0.15, 0.2) is 17.5 Å². The van der Waals surface area contributed by atoms with Crippen molar-refractivity contribution in [3.8, 4) is 78.7 Å². The summed E-state index contributed by atoms with van der Waals surface area (Å²) in [5, 5.41) is 0. The lowest BCUT2D eigenvalue weighted by molar-refractivity contribution is 1.07. The molecular weight excluding hydrogens is 595 g/mol. The maximum Gasteiger partial charge on any atom is 0.164 e. The largest absolute Gasteiger partial charge is 0.208 e. The quantitative estimate of drug-likeness (QED) is 0.185. The van der Waals surface area contributed by atoms with Crippen molar-refractivity contribution < 1.29 is 0 Å². The fourth-order valence-electron chi connectivity index (χ4n) is 7.01. The van der Waals surface area contributed by atoms with E-state index in [0.717, 1.165) is 34.2 Å². The third-order valence-electron chi connectivity index (χ3n) is 9.43. The summed E-state index contributed by atoms with van der Waals surface area (Å²) in [5.41, 5.74) is 15.6. The van der Waals surface area contributed by atoms with Crippen molar-refractivity contribution in [1.29, 1.82) is 0 Å². The summed E-state index contributed by atoms with van der Waals surface area (Å²) in [5.74, 6) is 1.96. The van der Waals surface area contributed by atoms with E-state index in [1.807, 2.05) is 36.4 Å². The summed E-state index contributed by atoms with van der Waals surface area (Å²) in [6.07, 6.45) is 0.910. The van der Waals surface area contributed by atoms with Crippen molar-refractivity contribution in [3.63, 3.8) is 0 Å². The van der Waals surface area contributed by atoms with Gasteiger partial charge < -0.3 is 0 Å². The first-order valence-corrected chi connectivity index (χ1v) is 16.7. The second-order valence-corrected chi connectivity index (χ2v) is 12.4. The van der Waals surface area contributed by atoms with Gasteiger partial charge in [-0.25, -0.2) is 15.0 Å². The molecule has 1 aliphatic carbocycles. The van der Waals surface area contributed by atoms with Gasteiger partial charge in [0.05, 0.1) is 0 Å². The molecule has 1 aliphatic rings. The minimum Gasteiger partial charge on any atom is -0.208 e. The smallest absolute Gasteiger partial charge is 0.164 e. The topological polar surface area (TPSA) is 38.7 Å². The summed E-state index contributed by atoms with van der Waals surface area (Å²) in [4.78, 5) is 15.0. The van der Waals surface area contributed by atoms with E-state index >= 15 is 0 Å². The van der Waals surface area contributed by atoms with Crippen molar-refractivity contribution in [2.24, 2.45) is 0 Å². The Morgan fingerprint density at radius 3 is 1.20 bits per heavy atom. The molecule has 49 heavy (non-hydrogen) atoms. The molecule has 8 aromatic rings. The zero-order valence-corrected chi connectivity index (χ0v) is 26.8. The Morgan fingerprint density at radius 2 is 0.633 bits per heavy atom. The Morgan fingerprint density at radius 1 is 0.265 bits per heavy atom. The first-order valence-electron chi connectivity index (χ1n) is 16.7. The van der Waals surface area contributed by atoms with Crippen LogP contribution in [-0.4, -0.2) is 15.0 Å². The van der Waals surface area contributed by atoms with Gasteiger partial charge >= 0.3 is 0 Å². The van der Waals surface area contributed by atoms with E-state index in [9.17, 15) is 0 Å². The second kappa shape index (κ2) is 12.3. The molecule has 0 spiro atoms. The minimum absolute atomic E-state index is 0.651. The predicted molar refractivity (Wildman–Crippen MR) is 201 cm³/mol. The number of hydrogen-bond donors (Lipinski definition) is 0. The molecule has 0 aliphatic heterocycles. The second-order valence-electron chi connectivity index (χ2n) is 12.4. The summed E-state index contributed by atoms with van der Waals surface area (Å²) in [6, 6.07) is 61.7. The van der Waals surface area contributed by atoms with Gasteiger partial charge in [-0.2, -0.15) is 0 Å². The number of nitrogens with zero attached hydrogens (tertiary/aromatic N) is 3. The fourth-order valence-corrected chi connectivity index (χ4v) is 7.01. The average Bonchev–Trinajstić information content (AvgIpc) is 3.58. The average molecular weight is 626 g/mol. The van der Waals surface area contributed by atoms with Crippen LogP contribution in [0, 0.1) is 0 Å². The van der Waals surface area contributed by atoms with E-state index in [4.69, 9.17) is 15.0 Å². The number of hydrogen-bond acceptors (Lipinski definition) is 3. The van der Waals surface area contributed by atoms with Crippen molar-refractivity contribution >= 4 is 0 Å². The first kappa shape index (κ1) is 28.7. The summed E-state index contributed by atoms with van der Waals surface area (Å²) < 4.78 is 0. The lowest BCUT2D eigenvalue weighted by Crippen LogP contribution is -2.00. The molecule has 7 aromatic carbocycles. The molecule has 0 unspecified atom stereocenters. The predicted octanol–water partition coefficient (Wildman–Crippen LogP) is 11.4. The Bertz CT molecular complexity index is 2440. The third kappa shape index (κ3) is 5.42. The molecule has 0 amide bonds. The molecule has 3 heteroatoms. The number of aromatic nitrogens is 3. The molecule has 3 nitrogen and oxygen atoms in total. The van der Waals surface area contributed by atoms with Gasteiger partial charge in [-0.3, -0.25) is 0 Å². The van der Waals surface area contributed by atoms with Crippen LogP contribution < -0.4 is 0 Å². The zero-order chi connectivity index (χ0) is 32.6. The van der Waals surface area contributed by atoms with Crippen LogP contribution in [0.2, 0.25) is 0 Å².